The number of carbonyl (C=O) groups is 2. The molecule has 0 bridgehead atoms. The number of aliphatic hydroxyl groups is 1. The van der Waals surface area contributed by atoms with Gasteiger partial charge >= 0.3 is 0 Å². The van der Waals surface area contributed by atoms with E-state index in [-0.39, 0.29) is 10.8 Å². The van der Waals surface area contributed by atoms with Crippen LogP contribution in [0.2, 0.25) is 0 Å². The van der Waals surface area contributed by atoms with E-state index in [4.69, 9.17) is 5.11 Å². The van der Waals surface area contributed by atoms with E-state index in [0.717, 1.165) is 68.6 Å². The van der Waals surface area contributed by atoms with E-state index in [1.54, 1.807) is 6.08 Å². The first-order valence-corrected chi connectivity index (χ1v) is 21.7. The third-order valence-electron chi connectivity index (χ3n) is 14.3. The van der Waals surface area contributed by atoms with Gasteiger partial charge in [-0.15, -0.1) is 45.1 Å². The van der Waals surface area contributed by atoms with Crippen LogP contribution in [0.1, 0.15) is 149 Å². The van der Waals surface area contributed by atoms with Crippen molar-refractivity contribution in [1.82, 2.24) is 10.2 Å². The van der Waals surface area contributed by atoms with Gasteiger partial charge in [0.2, 0.25) is 5.91 Å². The highest BCUT2D eigenvalue weighted by Gasteiger charge is 2.62. The summed E-state index contributed by atoms with van der Waals surface area (Å²) in [4.78, 5) is 27.8. The summed E-state index contributed by atoms with van der Waals surface area (Å²) in [5.74, 6) is 4.80. The van der Waals surface area contributed by atoms with Gasteiger partial charge in [0.1, 0.15) is 6.29 Å². The summed E-state index contributed by atoms with van der Waals surface area (Å²) in [5.41, 5.74) is 3.86. The highest BCUT2D eigenvalue weighted by atomic mass is 16.2. The van der Waals surface area contributed by atoms with Gasteiger partial charge in [0.05, 0.1) is 5.41 Å². The van der Waals surface area contributed by atoms with E-state index >= 15 is 0 Å². The highest BCUT2D eigenvalue weighted by molar-refractivity contribution is 5.83. The van der Waals surface area contributed by atoms with Crippen LogP contribution in [0.3, 0.4) is 0 Å². The summed E-state index contributed by atoms with van der Waals surface area (Å²) in [5, 5.41) is 10.5. The molecule has 2 N–H and O–H groups in total. The second kappa shape index (κ2) is 25.7. The van der Waals surface area contributed by atoms with Gasteiger partial charge in [-0.05, 0) is 150 Å². The molecule has 0 spiro atoms. The predicted molar refractivity (Wildman–Crippen MR) is 246 cm³/mol. The third kappa shape index (κ3) is 11.6. The van der Waals surface area contributed by atoms with Gasteiger partial charge < -0.3 is 10.4 Å². The molecule has 318 valence electrons. The molecular formula is C52H82N2O3. The summed E-state index contributed by atoms with van der Waals surface area (Å²) in [7, 11) is 1.00. The van der Waals surface area contributed by atoms with E-state index < -0.39 is 0 Å². The maximum atomic E-state index is 14.0. The molecule has 1 aromatic rings. The van der Waals surface area contributed by atoms with Crippen LogP contribution in [0, 0.1) is 90.3 Å². The largest absolute Gasteiger partial charge is 0.400 e. The Morgan fingerprint density at radius 1 is 0.842 bits per heavy atom. The van der Waals surface area contributed by atoms with Crippen molar-refractivity contribution in [1.29, 1.82) is 0 Å². The zero-order chi connectivity index (χ0) is 44.1. The molecule has 5 heteroatoms. The smallest absolute Gasteiger partial charge is 0.226 e. The molecule has 0 radical (unpaired) electrons. The van der Waals surface area contributed by atoms with Crippen LogP contribution < -0.4 is 5.32 Å². The molecule has 0 saturated heterocycles. The molecule has 5 aliphatic rings. The van der Waals surface area contributed by atoms with Crippen molar-refractivity contribution >= 4 is 17.8 Å². The summed E-state index contributed by atoms with van der Waals surface area (Å²) >= 11 is 0. The SMILES string of the molecule is C#C.C#C.C#C.C=CC.CC.CC(C)N(CCNC(=O)[C@]12CCCC1C1CCC3C(CCC4C(C)(C)C(c5ccc(C=O)cc5)=CC[C@]34C)C1CC2)C(C)C.CO. The second-order valence-corrected chi connectivity index (χ2v) is 17.4. The lowest BCUT2D eigenvalue weighted by Gasteiger charge is -2.64. The fourth-order valence-electron chi connectivity index (χ4n) is 12.4. The number of benzene rings is 1. The maximum absolute atomic E-state index is 14.0. The van der Waals surface area contributed by atoms with Gasteiger partial charge in [-0.1, -0.05) is 77.5 Å². The van der Waals surface area contributed by atoms with Crippen molar-refractivity contribution < 1.29 is 14.7 Å². The number of allylic oxidation sites excluding steroid dienone is 3. The van der Waals surface area contributed by atoms with Crippen LogP contribution in [-0.4, -0.2) is 54.5 Å². The van der Waals surface area contributed by atoms with Gasteiger partial charge in [-0.3, -0.25) is 14.5 Å². The number of hydrogen-bond donors (Lipinski definition) is 2. The van der Waals surface area contributed by atoms with E-state index in [1.807, 2.05) is 32.9 Å². The summed E-state index contributed by atoms with van der Waals surface area (Å²) in [6.07, 6.45) is 41.8. The van der Waals surface area contributed by atoms with Crippen molar-refractivity contribution in [3.05, 3.63) is 54.1 Å². The maximum Gasteiger partial charge on any atom is 0.226 e. The Hall–Kier alpha value is -3.56. The minimum atomic E-state index is -0.112. The molecule has 5 aliphatic carbocycles. The van der Waals surface area contributed by atoms with E-state index in [1.165, 1.54) is 62.5 Å². The number of hydrogen-bond acceptors (Lipinski definition) is 4. The molecule has 0 aliphatic heterocycles. The van der Waals surface area contributed by atoms with E-state index in [9.17, 15) is 9.59 Å². The fraction of sp³-hybridized carbons (Fsp3) is 0.654. The number of aldehydes is 1. The third-order valence-corrected chi connectivity index (χ3v) is 14.3. The van der Waals surface area contributed by atoms with Gasteiger partial charge in [0.15, 0.2) is 0 Å². The van der Waals surface area contributed by atoms with Crippen molar-refractivity contribution in [2.24, 2.45) is 51.8 Å². The first kappa shape index (κ1) is 53.4. The molecule has 0 heterocycles. The molecule has 5 nitrogen and oxygen atoms in total. The lowest BCUT2D eigenvalue weighted by atomic mass is 9.40. The first-order chi connectivity index (χ1) is 27.3. The highest BCUT2D eigenvalue weighted by Crippen LogP contribution is 2.69. The van der Waals surface area contributed by atoms with Gasteiger partial charge in [-0.2, -0.15) is 0 Å². The van der Waals surface area contributed by atoms with Gasteiger partial charge in [-0.25, -0.2) is 0 Å². The Morgan fingerprint density at radius 3 is 1.89 bits per heavy atom. The number of amides is 1. The van der Waals surface area contributed by atoms with Gasteiger partial charge in [0.25, 0.3) is 0 Å². The quantitative estimate of drug-likeness (QED) is 0.157. The van der Waals surface area contributed by atoms with Crippen molar-refractivity contribution in [3.63, 3.8) is 0 Å². The van der Waals surface area contributed by atoms with Crippen LogP contribution in [0.15, 0.2) is 43.0 Å². The molecular weight excluding hydrogens is 701 g/mol. The Kier molecular flexibility index (Phi) is 24.1. The van der Waals surface area contributed by atoms with Crippen LogP contribution in [0.5, 0.6) is 0 Å². The number of nitrogens with one attached hydrogen (secondary N) is 1. The average molecular weight is 783 g/mol. The lowest BCUT2D eigenvalue weighted by Crippen LogP contribution is -2.58. The molecule has 6 rings (SSSR count). The number of carbonyl (C=O) groups excluding carboxylic acids is 2. The van der Waals surface area contributed by atoms with E-state index in [0.29, 0.717) is 35.2 Å². The van der Waals surface area contributed by atoms with Crippen molar-refractivity contribution in [2.45, 2.75) is 146 Å². The minimum Gasteiger partial charge on any atom is -0.400 e. The van der Waals surface area contributed by atoms with Crippen molar-refractivity contribution in [2.75, 3.05) is 20.2 Å². The van der Waals surface area contributed by atoms with Crippen LogP contribution in [-0.2, 0) is 4.79 Å². The number of rotatable bonds is 8. The number of nitrogens with zero attached hydrogens (tertiary/aromatic N) is 1. The first-order valence-electron chi connectivity index (χ1n) is 21.7. The Labute approximate surface area is 351 Å². The normalized spacial score (nSPS) is 29.5. The zero-order valence-electron chi connectivity index (χ0n) is 38.0. The van der Waals surface area contributed by atoms with Crippen LogP contribution in [0.25, 0.3) is 5.57 Å². The fourth-order valence-corrected chi connectivity index (χ4v) is 12.4. The Morgan fingerprint density at radius 2 is 1.37 bits per heavy atom. The summed E-state index contributed by atoms with van der Waals surface area (Å²) in [6, 6.07) is 9.27. The van der Waals surface area contributed by atoms with E-state index in [2.05, 4.69) is 122 Å². The average Bonchev–Trinajstić information content (AvgIpc) is 3.69. The molecule has 6 unspecified atom stereocenters. The molecule has 57 heavy (non-hydrogen) atoms. The van der Waals surface area contributed by atoms with Crippen molar-refractivity contribution in [3.8, 4) is 38.5 Å². The molecule has 1 amide bonds. The number of fused-ring (bicyclic) bond motifs is 7. The molecule has 0 aromatic heterocycles. The molecule has 4 fully saturated rings. The van der Waals surface area contributed by atoms with Gasteiger partial charge in [0, 0.05) is 37.8 Å². The zero-order valence-corrected chi connectivity index (χ0v) is 38.0. The number of aliphatic hydroxyl groups excluding tert-OH is 1. The topological polar surface area (TPSA) is 69.6 Å². The lowest BCUT2D eigenvalue weighted by molar-refractivity contribution is -0.151. The molecule has 1 aromatic carbocycles. The predicted octanol–water partition coefficient (Wildman–Crippen LogP) is 11.4. The standard InChI is InChI=1S/C40H60N2O2.C3H6.C2H6.3C2H2.CH4O/c1-26(2)42(27(3)4)24-23-41-37(44)40-20-8-9-35(40)32-14-16-34-31(30(32)18-22-40)15-17-36-38(5,6)33(19-21-39(34,36)7)29-12-10-28(25-43)11-13-29;1-3-2;5*1-2/h10-13,19,25-27,30-32,34-36H,8-9,14-18,20-24H2,1-7H3,(H,41,44);3H,1H2,2H3;1-2H3;3*1-2H;2H,1H3/t30?,31?,32?,34?,35?,36?,39-,40+;;;;;;/m1....../s1. The summed E-state index contributed by atoms with van der Waals surface area (Å²) < 4.78 is 0. The monoisotopic (exact) mass is 783 g/mol. The Balaban J connectivity index is 0.00000218. The molecule has 4 saturated carbocycles. The number of terminal acetylenes is 3. The minimum absolute atomic E-state index is 0.112. The summed E-state index contributed by atoms with van der Waals surface area (Å²) in [6.45, 7) is 27.6. The second-order valence-electron chi connectivity index (χ2n) is 17.4. The Bertz CT molecular complexity index is 1410. The van der Waals surface area contributed by atoms with Crippen LogP contribution >= 0.6 is 0 Å². The van der Waals surface area contributed by atoms with Crippen LogP contribution in [0.4, 0.5) is 0 Å². The molecule has 8 atom stereocenters.